The fraction of sp³-hybridized carbons (Fsp3) is 0.556. The zero-order chi connectivity index (χ0) is 18.4. The second kappa shape index (κ2) is 8.75. The number of carbonyl (C=O) groups excluding carboxylic acids is 1. The van der Waals surface area contributed by atoms with Crippen LogP contribution in [0.25, 0.3) is 0 Å². The van der Waals surface area contributed by atoms with Crippen molar-refractivity contribution in [3.63, 3.8) is 0 Å². The molecule has 26 heavy (non-hydrogen) atoms. The number of benzene rings is 1. The van der Waals surface area contributed by atoms with Crippen LogP contribution >= 0.6 is 0 Å². The van der Waals surface area contributed by atoms with Crippen LogP contribution in [0, 0.1) is 6.92 Å². The van der Waals surface area contributed by atoms with Crippen molar-refractivity contribution in [1.29, 1.82) is 0 Å². The Hall–Kier alpha value is -2.48. The number of carbonyl (C=O) groups is 1. The topological polar surface area (TPSA) is 76.4 Å². The summed E-state index contributed by atoms with van der Waals surface area (Å²) in [5, 5.41) is 11.8. The van der Waals surface area contributed by atoms with Crippen LogP contribution in [0.5, 0.6) is 5.75 Å². The van der Waals surface area contributed by atoms with Gasteiger partial charge in [0, 0.05) is 7.05 Å². The Bertz CT molecular complexity index is 709. The lowest BCUT2D eigenvalue weighted by Gasteiger charge is -2.18. The molecule has 1 fully saturated rings. The van der Waals surface area contributed by atoms with Crippen molar-refractivity contribution in [3.05, 3.63) is 35.7 Å². The summed E-state index contributed by atoms with van der Waals surface area (Å²) in [4.78, 5) is 16.4. The van der Waals surface area contributed by atoms with Crippen molar-refractivity contribution in [1.82, 2.24) is 30.0 Å². The molecule has 0 bridgehead atoms. The lowest BCUT2D eigenvalue weighted by molar-refractivity contribution is -0.131. The number of hydrogen-bond acceptors (Lipinski definition) is 6. The van der Waals surface area contributed by atoms with Gasteiger partial charge >= 0.3 is 0 Å². The Morgan fingerprint density at radius 3 is 2.69 bits per heavy atom. The number of rotatable bonds is 8. The Balaban J connectivity index is 1.45. The van der Waals surface area contributed by atoms with Crippen LogP contribution in [0.15, 0.2) is 24.3 Å². The highest BCUT2D eigenvalue weighted by Crippen LogP contribution is 2.12. The number of aryl methyl sites for hydroxylation is 1. The fourth-order valence-electron chi connectivity index (χ4n) is 2.91. The monoisotopic (exact) mass is 358 g/mol. The molecule has 2 heterocycles. The molecule has 0 atom stereocenters. The highest BCUT2D eigenvalue weighted by molar-refractivity contribution is 5.75. The zero-order valence-corrected chi connectivity index (χ0v) is 15.5. The van der Waals surface area contributed by atoms with Gasteiger partial charge in [-0.05, 0) is 55.4 Å². The van der Waals surface area contributed by atoms with E-state index >= 15 is 0 Å². The zero-order valence-electron chi connectivity index (χ0n) is 15.5. The van der Waals surface area contributed by atoms with Crippen molar-refractivity contribution in [2.75, 3.05) is 33.3 Å². The molecule has 0 aliphatic carbocycles. The van der Waals surface area contributed by atoms with Crippen LogP contribution in [0.2, 0.25) is 0 Å². The van der Waals surface area contributed by atoms with Gasteiger partial charge < -0.3 is 9.64 Å². The summed E-state index contributed by atoms with van der Waals surface area (Å²) in [6.45, 7) is 5.97. The molecule has 1 saturated heterocycles. The Morgan fingerprint density at radius 2 is 1.96 bits per heavy atom. The molecule has 1 aliphatic heterocycles. The summed E-state index contributed by atoms with van der Waals surface area (Å²) in [6, 6.07) is 7.87. The molecule has 1 aromatic heterocycles. The first kappa shape index (κ1) is 18.3. The van der Waals surface area contributed by atoms with E-state index in [-0.39, 0.29) is 12.5 Å². The molecule has 0 unspecified atom stereocenters. The summed E-state index contributed by atoms with van der Waals surface area (Å²) >= 11 is 0. The molecule has 0 radical (unpaired) electrons. The third-order valence-electron chi connectivity index (χ3n) is 4.60. The predicted octanol–water partition coefficient (Wildman–Crippen LogP) is 1.11. The van der Waals surface area contributed by atoms with Gasteiger partial charge in [0.2, 0.25) is 5.91 Å². The van der Waals surface area contributed by atoms with E-state index in [9.17, 15) is 4.79 Å². The number of tetrazole rings is 1. The van der Waals surface area contributed by atoms with Gasteiger partial charge in [-0.3, -0.25) is 9.69 Å². The summed E-state index contributed by atoms with van der Waals surface area (Å²) in [5.74, 6) is 1.52. The number of ether oxygens (including phenoxy) is 1. The Morgan fingerprint density at radius 1 is 1.23 bits per heavy atom. The van der Waals surface area contributed by atoms with E-state index in [0.717, 1.165) is 24.7 Å². The molecule has 3 rings (SSSR count). The molecule has 1 amide bonds. The minimum absolute atomic E-state index is 0.0347. The standard InChI is InChI=1S/C18H26N6O2/c1-15-5-7-16(8-6-15)26-12-11-22(2)18(25)14-24-17(19-20-21-24)13-23-9-3-4-10-23/h5-8H,3-4,9-14H2,1-2H3. The summed E-state index contributed by atoms with van der Waals surface area (Å²) in [7, 11) is 1.77. The van der Waals surface area contributed by atoms with Crippen LogP contribution < -0.4 is 4.74 Å². The van der Waals surface area contributed by atoms with Crippen LogP contribution in [0.3, 0.4) is 0 Å². The molecule has 8 heteroatoms. The number of hydrogen-bond donors (Lipinski definition) is 0. The summed E-state index contributed by atoms with van der Waals surface area (Å²) in [5.41, 5.74) is 1.19. The molecule has 1 aliphatic rings. The van der Waals surface area contributed by atoms with Gasteiger partial charge in [0.05, 0.1) is 13.1 Å². The maximum absolute atomic E-state index is 12.4. The number of likely N-dealkylation sites (N-methyl/N-ethyl adjacent to an activating group) is 1. The van der Waals surface area contributed by atoms with Crippen molar-refractivity contribution < 1.29 is 9.53 Å². The maximum Gasteiger partial charge on any atom is 0.244 e. The average Bonchev–Trinajstić information content (AvgIpc) is 3.29. The summed E-state index contributed by atoms with van der Waals surface area (Å²) in [6.07, 6.45) is 2.43. The molecule has 8 nitrogen and oxygen atoms in total. The Labute approximate surface area is 153 Å². The molecule has 2 aromatic rings. The lowest BCUT2D eigenvalue weighted by Crippen LogP contribution is -2.34. The molecule has 0 saturated carbocycles. The third kappa shape index (κ3) is 5.01. The number of amides is 1. The highest BCUT2D eigenvalue weighted by atomic mass is 16.5. The van der Waals surface area contributed by atoms with E-state index in [1.807, 2.05) is 31.2 Å². The van der Waals surface area contributed by atoms with Crippen molar-refractivity contribution >= 4 is 5.91 Å². The van der Waals surface area contributed by atoms with Gasteiger partial charge in [-0.1, -0.05) is 17.7 Å². The van der Waals surface area contributed by atoms with Gasteiger partial charge in [-0.2, -0.15) is 0 Å². The molecule has 1 aromatic carbocycles. The number of aromatic nitrogens is 4. The van der Waals surface area contributed by atoms with E-state index < -0.39 is 0 Å². The van der Waals surface area contributed by atoms with Crippen LogP contribution in [-0.4, -0.2) is 69.2 Å². The van der Waals surface area contributed by atoms with E-state index in [2.05, 4.69) is 20.4 Å². The quantitative estimate of drug-likeness (QED) is 0.704. The smallest absolute Gasteiger partial charge is 0.244 e. The molecular weight excluding hydrogens is 332 g/mol. The highest BCUT2D eigenvalue weighted by Gasteiger charge is 2.18. The molecule has 0 spiro atoms. The Kier molecular flexibility index (Phi) is 6.17. The average molecular weight is 358 g/mol. The second-order valence-electron chi connectivity index (χ2n) is 6.71. The van der Waals surface area contributed by atoms with Gasteiger partial charge in [0.15, 0.2) is 5.82 Å². The lowest BCUT2D eigenvalue weighted by atomic mass is 10.2. The van der Waals surface area contributed by atoms with Crippen molar-refractivity contribution in [3.8, 4) is 5.75 Å². The molecule has 0 N–H and O–H groups in total. The van der Waals surface area contributed by atoms with E-state index in [0.29, 0.717) is 19.7 Å². The van der Waals surface area contributed by atoms with E-state index in [4.69, 9.17) is 4.74 Å². The van der Waals surface area contributed by atoms with Gasteiger partial charge in [0.1, 0.15) is 18.9 Å². The molecular formula is C18H26N6O2. The predicted molar refractivity (Wildman–Crippen MR) is 96.6 cm³/mol. The minimum Gasteiger partial charge on any atom is -0.492 e. The first-order valence-electron chi connectivity index (χ1n) is 9.02. The van der Waals surface area contributed by atoms with Crippen LogP contribution in [-0.2, 0) is 17.9 Å². The van der Waals surface area contributed by atoms with Crippen LogP contribution in [0.1, 0.15) is 24.2 Å². The first-order chi connectivity index (χ1) is 12.6. The van der Waals surface area contributed by atoms with E-state index in [1.54, 1.807) is 16.6 Å². The largest absolute Gasteiger partial charge is 0.492 e. The second-order valence-corrected chi connectivity index (χ2v) is 6.71. The van der Waals surface area contributed by atoms with Gasteiger partial charge in [-0.25, -0.2) is 4.68 Å². The number of likely N-dealkylation sites (tertiary alicyclic amines) is 1. The SMILES string of the molecule is Cc1ccc(OCCN(C)C(=O)Cn2nnnc2CN2CCCC2)cc1. The van der Waals surface area contributed by atoms with Gasteiger partial charge in [0.25, 0.3) is 0 Å². The number of nitrogens with zero attached hydrogens (tertiary/aromatic N) is 6. The third-order valence-corrected chi connectivity index (χ3v) is 4.60. The fourth-order valence-corrected chi connectivity index (χ4v) is 2.91. The van der Waals surface area contributed by atoms with Crippen molar-refractivity contribution in [2.45, 2.75) is 32.9 Å². The van der Waals surface area contributed by atoms with Crippen LogP contribution in [0.4, 0.5) is 0 Å². The first-order valence-corrected chi connectivity index (χ1v) is 9.02. The van der Waals surface area contributed by atoms with Gasteiger partial charge in [-0.15, -0.1) is 5.10 Å². The summed E-state index contributed by atoms with van der Waals surface area (Å²) < 4.78 is 7.28. The maximum atomic E-state index is 12.4. The van der Waals surface area contributed by atoms with Crippen molar-refractivity contribution in [2.24, 2.45) is 0 Å². The molecule has 140 valence electrons. The normalized spacial score (nSPS) is 14.5. The van der Waals surface area contributed by atoms with E-state index in [1.165, 1.54) is 18.4 Å². The minimum atomic E-state index is -0.0347.